The van der Waals surface area contributed by atoms with Crippen molar-refractivity contribution in [3.8, 4) is 28.4 Å². The number of carbonyl (C=O) groups is 1. The number of rotatable bonds is 5. The monoisotopic (exact) mass is 518 g/mol. The van der Waals surface area contributed by atoms with E-state index in [1.54, 1.807) is 36.1 Å². The highest BCUT2D eigenvalue weighted by molar-refractivity contribution is 6.33. The highest BCUT2D eigenvalue weighted by Gasteiger charge is 2.38. The number of nitrogens with zero attached hydrogens (tertiary/aromatic N) is 4. The molecule has 0 radical (unpaired) electrons. The predicted octanol–water partition coefficient (Wildman–Crippen LogP) is 6.23. The number of aromatic nitrogens is 3. The molecule has 2 aromatic carbocycles. The van der Waals surface area contributed by atoms with Crippen LogP contribution in [0.1, 0.15) is 40.9 Å². The lowest BCUT2D eigenvalue weighted by Gasteiger charge is -2.22. The molecule has 1 fully saturated rings. The molecule has 8 nitrogen and oxygen atoms in total. The summed E-state index contributed by atoms with van der Waals surface area (Å²) in [5.41, 5.74) is 1.14. The van der Waals surface area contributed by atoms with Gasteiger partial charge in [0, 0.05) is 12.1 Å². The van der Waals surface area contributed by atoms with Crippen molar-refractivity contribution >= 4 is 17.5 Å². The van der Waals surface area contributed by atoms with Gasteiger partial charge in [0.15, 0.2) is 0 Å². The van der Waals surface area contributed by atoms with E-state index in [4.69, 9.17) is 20.6 Å². The van der Waals surface area contributed by atoms with Gasteiger partial charge in [0.05, 0.1) is 10.6 Å². The number of benzene rings is 2. The lowest BCUT2D eigenvalue weighted by Crippen LogP contribution is -2.31. The maximum absolute atomic E-state index is 13.7. The third kappa shape index (κ3) is 4.53. The number of amides is 1. The van der Waals surface area contributed by atoms with Gasteiger partial charge in [-0.2, -0.15) is 4.98 Å². The van der Waals surface area contributed by atoms with Gasteiger partial charge in [0.25, 0.3) is 5.91 Å². The molecule has 1 amide bonds. The zero-order valence-electron chi connectivity index (χ0n) is 18.8. The van der Waals surface area contributed by atoms with Crippen LogP contribution in [-0.2, 0) is 0 Å². The molecule has 12 heteroatoms. The number of carbonyl (C=O) groups excluding carboxylic acids is 1. The molecule has 5 rings (SSSR count). The Balaban J connectivity index is 1.46. The second-order valence-electron chi connectivity index (χ2n) is 8.10. The van der Waals surface area contributed by atoms with Crippen LogP contribution in [-0.4, -0.2) is 39.0 Å². The second kappa shape index (κ2) is 9.30. The average Bonchev–Trinajstić information content (AvgIpc) is 3.58. The van der Waals surface area contributed by atoms with Crippen LogP contribution in [0.3, 0.4) is 0 Å². The van der Waals surface area contributed by atoms with Crippen molar-refractivity contribution in [1.82, 2.24) is 20.2 Å². The number of ether oxygens (including phenoxy) is 1. The molecule has 36 heavy (non-hydrogen) atoms. The van der Waals surface area contributed by atoms with Crippen LogP contribution in [0.4, 0.5) is 13.2 Å². The minimum absolute atomic E-state index is 0.0107. The third-order valence-corrected chi connectivity index (χ3v) is 6.13. The molecule has 4 aromatic rings. The summed E-state index contributed by atoms with van der Waals surface area (Å²) in [4.78, 5) is 19.5. The van der Waals surface area contributed by atoms with Crippen LogP contribution in [0, 0.1) is 6.92 Å². The Hall–Kier alpha value is -3.86. The first-order valence-corrected chi connectivity index (χ1v) is 11.3. The Morgan fingerprint density at radius 2 is 1.81 bits per heavy atom. The number of aryl methyl sites for hydroxylation is 1. The van der Waals surface area contributed by atoms with Gasteiger partial charge in [0.1, 0.15) is 28.8 Å². The first kappa shape index (κ1) is 23.9. The lowest BCUT2D eigenvalue weighted by atomic mass is 10.0. The number of hydrogen-bond acceptors (Lipinski definition) is 7. The van der Waals surface area contributed by atoms with Gasteiger partial charge in [0.2, 0.25) is 11.7 Å². The Labute approximate surface area is 207 Å². The average molecular weight is 519 g/mol. The van der Waals surface area contributed by atoms with E-state index in [2.05, 4.69) is 20.0 Å². The Morgan fingerprint density at radius 1 is 1.08 bits per heavy atom. The largest absolute Gasteiger partial charge is 0.573 e. The first-order valence-electron chi connectivity index (χ1n) is 10.9. The van der Waals surface area contributed by atoms with Gasteiger partial charge in [-0.3, -0.25) is 4.79 Å². The fourth-order valence-corrected chi connectivity index (χ4v) is 4.44. The smallest absolute Gasteiger partial charge is 0.405 e. The first-order chi connectivity index (χ1) is 17.2. The maximum atomic E-state index is 13.7. The molecule has 1 aliphatic heterocycles. The SMILES string of the molecule is Cc1onc(-c2ccccc2Cl)c1C(=O)N1CCCC1c1nc(-c2ccccc2OC(F)(F)F)no1. The number of para-hydroxylation sites is 1. The van der Waals surface area contributed by atoms with E-state index in [0.717, 1.165) is 6.07 Å². The van der Waals surface area contributed by atoms with E-state index in [0.29, 0.717) is 41.4 Å². The molecule has 0 N–H and O–H groups in total. The van der Waals surface area contributed by atoms with Crippen LogP contribution >= 0.6 is 11.6 Å². The predicted molar refractivity (Wildman–Crippen MR) is 121 cm³/mol. The van der Waals surface area contributed by atoms with Crippen LogP contribution < -0.4 is 4.74 Å². The Kier molecular flexibility index (Phi) is 6.17. The van der Waals surface area contributed by atoms with Crippen molar-refractivity contribution in [3.63, 3.8) is 0 Å². The number of likely N-dealkylation sites (tertiary alicyclic amines) is 1. The minimum Gasteiger partial charge on any atom is -0.405 e. The van der Waals surface area contributed by atoms with E-state index in [-0.39, 0.29) is 28.7 Å². The highest BCUT2D eigenvalue weighted by Crippen LogP contribution is 2.38. The molecule has 0 aliphatic carbocycles. The zero-order valence-corrected chi connectivity index (χ0v) is 19.5. The van der Waals surface area contributed by atoms with Crippen LogP contribution in [0.25, 0.3) is 22.6 Å². The van der Waals surface area contributed by atoms with Crippen LogP contribution in [0.15, 0.2) is 57.6 Å². The summed E-state index contributed by atoms with van der Waals surface area (Å²) in [6, 6.07) is 11.9. The topological polar surface area (TPSA) is 94.5 Å². The van der Waals surface area contributed by atoms with Crippen molar-refractivity contribution in [1.29, 1.82) is 0 Å². The highest BCUT2D eigenvalue weighted by atomic mass is 35.5. The van der Waals surface area contributed by atoms with Crippen LogP contribution in [0.2, 0.25) is 5.02 Å². The number of halogens is 4. The number of hydrogen-bond donors (Lipinski definition) is 0. The summed E-state index contributed by atoms with van der Waals surface area (Å²) in [6.45, 7) is 2.04. The van der Waals surface area contributed by atoms with Gasteiger partial charge >= 0.3 is 6.36 Å². The van der Waals surface area contributed by atoms with Crippen LogP contribution in [0.5, 0.6) is 5.75 Å². The molecular formula is C24H18ClF3N4O4. The van der Waals surface area contributed by atoms with E-state index in [9.17, 15) is 18.0 Å². The fraction of sp³-hybridized carbons (Fsp3) is 0.250. The molecule has 0 saturated carbocycles. The molecule has 3 heterocycles. The summed E-state index contributed by atoms with van der Waals surface area (Å²) in [7, 11) is 0. The van der Waals surface area contributed by atoms with Gasteiger partial charge in [-0.15, -0.1) is 13.2 Å². The second-order valence-corrected chi connectivity index (χ2v) is 8.51. The molecule has 2 aromatic heterocycles. The normalized spacial score (nSPS) is 15.9. The summed E-state index contributed by atoms with van der Waals surface area (Å²) in [5, 5.41) is 8.32. The van der Waals surface area contributed by atoms with E-state index in [1.165, 1.54) is 18.2 Å². The van der Waals surface area contributed by atoms with Gasteiger partial charge < -0.3 is 18.7 Å². The third-order valence-electron chi connectivity index (χ3n) is 5.80. The fourth-order valence-electron chi connectivity index (χ4n) is 4.22. The Bertz CT molecular complexity index is 1420. The summed E-state index contributed by atoms with van der Waals surface area (Å²) in [5.74, 6) is -0.467. The minimum atomic E-state index is -4.88. The van der Waals surface area contributed by atoms with Crippen molar-refractivity contribution in [2.45, 2.75) is 32.2 Å². The Morgan fingerprint density at radius 3 is 2.56 bits per heavy atom. The number of alkyl halides is 3. The standard InChI is InChI=1S/C24H18ClF3N4O4/c1-13-19(20(30-35-13)14-7-2-4-9-16(14)25)23(33)32-12-6-10-17(32)22-29-21(31-36-22)15-8-3-5-11-18(15)34-24(26,27)28/h2-5,7-9,11,17H,6,10,12H2,1H3. The molecule has 186 valence electrons. The molecule has 0 bridgehead atoms. The summed E-state index contributed by atoms with van der Waals surface area (Å²) < 4.78 is 53.3. The van der Waals surface area contributed by atoms with Gasteiger partial charge in [-0.25, -0.2) is 0 Å². The molecule has 1 saturated heterocycles. The van der Waals surface area contributed by atoms with Crippen molar-refractivity contribution in [2.75, 3.05) is 6.54 Å². The summed E-state index contributed by atoms with van der Waals surface area (Å²) >= 11 is 6.32. The molecule has 1 unspecified atom stereocenters. The van der Waals surface area contributed by atoms with Gasteiger partial charge in [-0.1, -0.05) is 52.2 Å². The van der Waals surface area contributed by atoms with E-state index < -0.39 is 18.2 Å². The maximum Gasteiger partial charge on any atom is 0.573 e. The molecule has 1 atom stereocenters. The van der Waals surface area contributed by atoms with Crippen molar-refractivity contribution < 1.29 is 31.7 Å². The van der Waals surface area contributed by atoms with E-state index >= 15 is 0 Å². The van der Waals surface area contributed by atoms with Gasteiger partial charge in [-0.05, 0) is 38.0 Å². The van der Waals surface area contributed by atoms with Crippen molar-refractivity contribution in [2.24, 2.45) is 0 Å². The zero-order chi connectivity index (χ0) is 25.4. The lowest BCUT2D eigenvalue weighted by molar-refractivity contribution is -0.274. The quantitative estimate of drug-likeness (QED) is 0.309. The molecule has 0 spiro atoms. The molecular weight excluding hydrogens is 501 g/mol. The molecule has 1 aliphatic rings. The van der Waals surface area contributed by atoms with Crippen molar-refractivity contribution in [3.05, 3.63) is 70.8 Å². The van der Waals surface area contributed by atoms with E-state index in [1.807, 2.05) is 0 Å². The summed E-state index contributed by atoms with van der Waals surface area (Å²) in [6.07, 6.45) is -3.69.